The molecule has 0 aromatic heterocycles. The molecule has 2 rings (SSSR count). The van der Waals surface area contributed by atoms with Gasteiger partial charge in [0.25, 0.3) is 0 Å². The number of thiol groups is 1. The van der Waals surface area contributed by atoms with E-state index in [1.165, 1.54) is 45.2 Å². The van der Waals surface area contributed by atoms with Crippen molar-refractivity contribution in [1.82, 2.24) is 4.90 Å². The molecule has 2 fully saturated rings. The van der Waals surface area contributed by atoms with Gasteiger partial charge in [-0.15, -0.1) is 0 Å². The van der Waals surface area contributed by atoms with Crippen LogP contribution in [0.25, 0.3) is 0 Å². The van der Waals surface area contributed by atoms with Crippen LogP contribution in [0.3, 0.4) is 0 Å². The summed E-state index contributed by atoms with van der Waals surface area (Å²) in [6.07, 6.45) is 7.14. The molecule has 2 saturated heterocycles. The van der Waals surface area contributed by atoms with Crippen molar-refractivity contribution in [2.24, 2.45) is 5.92 Å². The lowest BCUT2D eigenvalue weighted by Crippen LogP contribution is -2.48. The van der Waals surface area contributed by atoms with Crippen molar-refractivity contribution in [2.45, 2.75) is 38.1 Å². The minimum atomic E-state index is 0.891. The first kappa shape index (κ1) is 8.89. The number of piperidine rings is 2. The number of hydrogen-bond donors (Lipinski definition) is 1. The molecule has 2 heteroatoms. The molecule has 2 atom stereocenters. The van der Waals surface area contributed by atoms with Gasteiger partial charge in [0.15, 0.2) is 0 Å². The van der Waals surface area contributed by atoms with Crippen LogP contribution in [-0.4, -0.2) is 29.8 Å². The SMILES string of the molecule is SC[C@H]1CCCN2CCCCC12. The van der Waals surface area contributed by atoms with Crippen LogP contribution in [0, 0.1) is 5.92 Å². The third-order valence-electron chi connectivity index (χ3n) is 3.46. The average Bonchev–Trinajstić information content (AvgIpc) is 2.17. The molecule has 12 heavy (non-hydrogen) atoms. The van der Waals surface area contributed by atoms with Gasteiger partial charge in [-0.2, -0.15) is 12.6 Å². The maximum atomic E-state index is 4.45. The van der Waals surface area contributed by atoms with Crippen molar-refractivity contribution in [2.75, 3.05) is 18.8 Å². The molecule has 1 unspecified atom stereocenters. The molecule has 2 aliphatic heterocycles. The highest BCUT2D eigenvalue weighted by molar-refractivity contribution is 7.80. The zero-order valence-corrected chi connectivity index (χ0v) is 8.60. The van der Waals surface area contributed by atoms with Gasteiger partial charge in [-0.25, -0.2) is 0 Å². The summed E-state index contributed by atoms with van der Waals surface area (Å²) >= 11 is 4.45. The minimum Gasteiger partial charge on any atom is -0.300 e. The van der Waals surface area contributed by atoms with Crippen molar-refractivity contribution in [3.63, 3.8) is 0 Å². The number of hydrogen-bond acceptors (Lipinski definition) is 2. The van der Waals surface area contributed by atoms with Gasteiger partial charge in [-0.3, -0.25) is 0 Å². The van der Waals surface area contributed by atoms with Crippen LogP contribution in [-0.2, 0) is 0 Å². The highest BCUT2D eigenvalue weighted by Crippen LogP contribution is 2.31. The maximum Gasteiger partial charge on any atom is 0.0131 e. The third-order valence-corrected chi connectivity index (χ3v) is 3.93. The van der Waals surface area contributed by atoms with E-state index in [0.29, 0.717) is 0 Å². The maximum absolute atomic E-state index is 4.45. The fourth-order valence-electron chi connectivity index (χ4n) is 2.79. The molecular formula is C10H19NS. The highest BCUT2D eigenvalue weighted by atomic mass is 32.1. The molecule has 70 valence electrons. The molecule has 2 heterocycles. The first-order valence-corrected chi connectivity index (χ1v) is 5.90. The monoisotopic (exact) mass is 185 g/mol. The normalized spacial score (nSPS) is 37.8. The summed E-state index contributed by atoms with van der Waals surface area (Å²) in [4.78, 5) is 2.70. The van der Waals surface area contributed by atoms with Crippen LogP contribution in [0.1, 0.15) is 32.1 Å². The van der Waals surface area contributed by atoms with Gasteiger partial charge < -0.3 is 4.90 Å². The molecule has 0 aliphatic carbocycles. The Morgan fingerprint density at radius 2 is 1.92 bits per heavy atom. The van der Waals surface area contributed by atoms with Crippen molar-refractivity contribution in [3.05, 3.63) is 0 Å². The molecule has 0 spiro atoms. The fourth-order valence-corrected chi connectivity index (χ4v) is 3.22. The van der Waals surface area contributed by atoms with E-state index in [0.717, 1.165) is 17.7 Å². The Hall–Kier alpha value is 0.310. The summed E-state index contributed by atoms with van der Waals surface area (Å²) in [7, 11) is 0. The Morgan fingerprint density at radius 1 is 1.08 bits per heavy atom. The second-order valence-corrected chi connectivity index (χ2v) is 4.55. The number of fused-ring (bicyclic) bond motifs is 1. The highest BCUT2D eigenvalue weighted by Gasteiger charge is 2.31. The predicted octanol–water partition coefficient (Wildman–Crippen LogP) is 2.18. The van der Waals surface area contributed by atoms with Gasteiger partial charge in [-0.1, -0.05) is 6.42 Å². The topological polar surface area (TPSA) is 3.24 Å². The summed E-state index contributed by atoms with van der Waals surface area (Å²) in [6, 6.07) is 0.894. The number of rotatable bonds is 1. The summed E-state index contributed by atoms with van der Waals surface area (Å²) in [6.45, 7) is 2.71. The Labute approximate surface area is 80.9 Å². The average molecular weight is 185 g/mol. The van der Waals surface area contributed by atoms with Gasteiger partial charge >= 0.3 is 0 Å². The summed E-state index contributed by atoms with van der Waals surface area (Å²) in [5.41, 5.74) is 0. The van der Waals surface area contributed by atoms with Gasteiger partial charge in [0.2, 0.25) is 0 Å². The largest absolute Gasteiger partial charge is 0.300 e. The van der Waals surface area contributed by atoms with E-state index in [4.69, 9.17) is 0 Å². The zero-order chi connectivity index (χ0) is 8.39. The second kappa shape index (κ2) is 4.01. The molecule has 0 amide bonds. The molecule has 0 aromatic carbocycles. The second-order valence-electron chi connectivity index (χ2n) is 4.18. The van der Waals surface area contributed by atoms with Crippen LogP contribution in [0.2, 0.25) is 0 Å². The minimum absolute atomic E-state index is 0.891. The summed E-state index contributed by atoms with van der Waals surface area (Å²) in [5, 5.41) is 0. The van der Waals surface area contributed by atoms with E-state index in [2.05, 4.69) is 17.5 Å². The van der Waals surface area contributed by atoms with Crippen LogP contribution < -0.4 is 0 Å². The zero-order valence-electron chi connectivity index (χ0n) is 7.71. The Balaban J connectivity index is 1.99. The van der Waals surface area contributed by atoms with E-state index in [9.17, 15) is 0 Å². The molecule has 0 aromatic rings. The van der Waals surface area contributed by atoms with E-state index in [1.807, 2.05) is 0 Å². The fraction of sp³-hybridized carbons (Fsp3) is 1.00. The lowest BCUT2D eigenvalue weighted by molar-refractivity contribution is 0.0694. The standard InChI is InChI=1S/C10H19NS/c12-8-9-4-3-7-11-6-2-1-5-10(9)11/h9-10,12H,1-8H2/t9-,10?/m1/s1. The van der Waals surface area contributed by atoms with E-state index in [-0.39, 0.29) is 0 Å². The Morgan fingerprint density at radius 3 is 2.75 bits per heavy atom. The number of nitrogens with zero attached hydrogens (tertiary/aromatic N) is 1. The van der Waals surface area contributed by atoms with Gasteiger partial charge in [0, 0.05) is 6.04 Å². The quantitative estimate of drug-likeness (QED) is 0.613. The lowest BCUT2D eigenvalue weighted by Gasteiger charge is -2.44. The molecule has 0 bridgehead atoms. The van der Waals surface area contributed by atoms with Crippen LogP contribution in [0.4, 0.5) is 0 Å². The third kappa shape index (κ3) is 1.64. The van der Waals surface area contributed by atoms with Crippen LogP contribution in [0.15, 0.2) is 0 Å². The molecule has 1 nitrogen and oxygen atoms in total. The Bertz CT molecular complexity index is 140. The van der Waals surface area contributed by atoms with Crippen molar-refractivity contribution in [1.29, 1.82) is 0 Å². The van der Waals surface area contributed by atoms with E-state index >= 15 is 0 Å². The summed E-state index contributed by atoms with van der Waals surface area (Å²) < 4.78 is 0. The molecule has 2 aliphatic rings. The van der Waals surface area contributed by atoms with Gasteiger partial charge in [0.1, 0.15) is 0 Å². The van der Waals surface area contributed by atoms with Crippen LogP contribution >= 0.6 is 12.6 Å². The molecule has 0 saturated carbocycles. The first-order valence-electron chi connectivity index (χ1n) is 5.26. The molecular weight excluding hydrogens is 166 g/mol. The van der Waals surface area contributed by atoms with E-state index < -0.39 is 0 Å². The van der Waals surface area contributed by atoms with Crippen molar-refractivity contribution in [3.8, 4) is 0 Å². The molecule has 0 N–H and O–H groups in total. The Kier molecular flexibility index (Phi) is 2.97. The van der Waals surface area contributed by atoms with E-state index in [1.54, 1.807) is 0 Å². The smallest absolute Gasteiger partial charge is 0.0131 e. The molecule has 0 radical (unpaired) electrons. The van der Waals surface area contributed by atoms with Crippen molar-refractivity contribution >= 4 is 12.6 Å². The van der Waals surface area contributed by atoms with Crippen LogP contribution in [0.5, 0.6) is 0 Å². The van der Waals surface area contributed by atoms with Crippen molar-refractivity contribution < 1.29 is 0 Å². The van der Waals surface area contributed by atoms with Gasteiger partial charge in [-0.05, 0) is 50.4 Å². The predicted molar refractivity (Wildman–Crippen MR) is 55.8 cm³/mol. The summed E-state index contributed by atoms with van der Waals surface area (Å²) in [5.74, 6) is 1.99. The first-order chi connectivity index (χ1) is 5.92. The lowest BCUT2D eigenvalue weighted by atomic mass is 9.85. The van der Waals surface area contributed by atoms with Gasteiger partial charge in [0.05, 0.1) is 0 Å².